The van der Waals surface area contributed by atoms with Crippen LogP contribution in [0.4, 0.5) is 0 Å². The number of rotatable bonds is 7. The molecule has 0 aromatic heterocycles. The summed E-state index contributed by atoms with van der Waals surface area (Å²) < 4.78 is 5.86. The first-order valence-corrected chi connectivity index (χ1v) is 12.4. The molecule has 1 saturated heterocycles. The van der Waals surface area contributed by atoms with E-state index in [1.54, 1.807) is 0 Å². The van der Waals surface area contributed by atoms with Crippen LogP contribution in [0.3, 0.4) is 0 Å². The fourth-order valence-electron chi connectivity index (χ4n) is 5.26. The van der Waals surface area contributed by atoms with E-state index in [1.165, 1.54) is 4.90 Å². The molecule has 1 N–H and O–H groups in total. The van der Waals surface area contributed by atoms with Crippen molar-refractivity contribution in [3.8, 4) is 5.75 Å². The van der Waals surface area contributed by atoms with Gasteiger partial charge < -0.3 is 27.2 Å². The summed E-state index contributed by atoms with van der Waals surface area (Å²) in [6.45, 7) is 6.93. The van der Waals surface area contributed by atoms with Crippen molar-refractivity contribution in [2.45, 2.75) is 32.8 Å². The summed E-state index contributed by atoms with van der Waals surface area (Å²) in [5, 5.41) is 12.2. The molecule has 0 radical (unpaired) electrons. The average Bonchev–Trinajstić information content (AvgIpc) is 2.86. The molecule has 0 saturated carbocycles. The number of nitrogens with zero attached hydrogens (tertiary/aromatic N) is 2. The lowest BCUT2D eigenvalue weighted by Gasteiger charge is -2.36. The number of carbonyl (C=O) groups is 2. The second kappa shape index (κ2) is 11.0. The van der Waals surface area contributed by atoms with Gasteiger partial charge in [0.1, 0.15) is 18.5 Å². The van der Waals surface area contributed by atoms with Crippen molar-refractivity contribution in [1.29, 1.82) is 0 Å². The zero-order valence-electron chi connectivity index (χ0n) is 20.7. The van der Waals surface area contributed by atoms with Crippen molar-refractivity contribution in [2.24, 2.45) is 5.92 Å². The first-order chi connectivity index (χ1) is 16.9. The van der Waals surface area contributed by atoms with Crippen molar-refractivity contribution < 1.29 is 31.8 Å². The zero-order chi connectivity index (χ0) is 24.5. The van der Waals surface area contributed by atoms with E-state index >= 15 is 0 Å². The van der Waals surface area contributed by atoms with Gasteiger partial charge in [0.15, 0.2) is 0 Å². The van der Waals surface area contributed by atoms with E-state index in [2.05, 4.69) is 4.90 Å². The van der Waals surface area contributed by atoms with Gasteiger partial charge in [0.2, 0.25) is 0 Å². The highest BCUT2D eigenvalue weighted by molar-refractivity contribution is 6.25. The fourth-order valence-corrected chi connectivity index (χ4v) is 5.26. The largest absolute Gasteiger partial charge is 1.00 e. The second-order valence-corrected chi connectivity index (χ2v) is 9.91. The maximum absolute atomic E-state index is 13.2. The van der Waals surface area contributed by atoms with Gasteiger partial charge >= 0.3 is 0 Å². The molecule has 0 spiro atoms. The Hall–Kier alpha value is -2.93. The smallest absolute Gasteiger partial charge is 0.261 e. The van der Waals surface area contributed by atoms with Crippen LogP contribution in [0.2, 0.25) is 0 Å². The SMILES string of the molecule is Cc1ccc(C)c(OCC(O)CN2CCC(CN3C(=O)c4cccc5cccc(c45)C3=O)CC2)c1.[Cl-]. The minimum Gasteiger partial charge on any atom is -1.00 e. The number of hydrogen-bond acceptors (Lipinski definition) is 5. The van der Waals surface area contributed by atoms with E-state index in [1.807, 2.05) is 68.4 Å². The van der Waals surface area contributed by atoms with Gasteiger partial charge in [0, 0.05) is 29.6 Å². The molecular formula is C29H32ClN2O4-. The fraction of sp³-hybridized carbons (Fsp3) is 0.379. The molecule has 3 aromatic carbocycles. The number of aliphatic hydroxyl groups excluding tert-OH is 1. The van der Waals surface area contributed by atoms with Crippen LogP contribution in [0.1, 0.15) is 44.7 Å². The van der Waals surface area contributed by atoms with Gasteiger partial charge in [-0.15, -0.1) is 0 Å². The first kappa shape index (κ1) is 26.1. The molecule has 7 heteroatoms. The first-order valence-electron chi connectivity index (χ1n) is 12.4. The summed E-state index contributed by atoms with van der Waals surface area (Å²) in [6.07, 6.45) is 1.19. The van der Waals surface area contributed by atoms with Gasteiger partial charge in [0.05, 0.1) is 0 Å². The van der Waals surface area contributed by atoms with Gasteiger partial charge in [-0.3, -0.25) is 14.5 Å². The standard InChI is InChI=1S/C29H32N2O4.ClH/c1-19-9-10-20(2)26(15-19)35-18-23(32)17-30-13-11-21(12-14-30)16-31-28(33)24-7-3-5-22-6-4-8-25(27(22)24)29(31)34;/h3-10,15,21,23,32H,11-14,16-18H2,1-2H3;1H/p-1. The highest BCUT2D eigenvalue weighted by Gasteiger charge is 2.34. The molecule has 0 bridgehead atoms. The van der Waals surface area contributed by atoms with E-state index in [9.17, 15) is 14.7 Å². The van der Waals surface area contributed by atoms with Crippen molar-refractivity contribution in [3.05, 3.63) is 76.9 Å². The van der Waals surface area contributed by atoms with E-state index in [0.29, 0.717) is 24.2 Å². The highest BCUT2D eigenvalue weighted by Crippen LogP contribution is 2.31. The lowest BCUT2D eigenvalue weighted by molar-refractivity contribution is -0.0000367. The number of imide groups is 1. The predicted molar refractivity (Wildman–Crippen MR) is 136 cm³/mol. The van der Waals surface area contributed by atoms with Crippen LogP contribution in [0.5, 0.6) is 5.75 Å². The number of halogens is 1. The summed E-state index contributed by atoms with van der Waals surface area (Å²) >= 11 is 0. The Balaban J connectivity index is 0.00000304. The number of β-amino-alcohol motifs (C(OH)–C–C–N with tert-alkyl or cyclic N) is 1. The van der Waals surface area contributed by atoms with E-state index in [-0.39, 0.29) is 36.7 Å². The monoisotopic (exact) mass is 507 g/mol. The third-order valence-electron chi connectivity index (χ3n) is 7.25. The minimum atomic E-state index is -0.575. The summed E-state index contributed by atoms with van der Waals surface area (Å²) in [4.78, 5) is 30.0. The Kier molecular flexibility index (Phi) is 7.98. The number of amides is 2. The topological polar surface area (TPSA) is 70.1 Å². The molecule has 0 aliphatic carbocycles. The number of aliphatic hydroxyl groups is 1. The summed E-state index contributed by atoms with van der Waals surface area (Å²) in [5.41, 5.74) is 3.42. The average molecular weight is 508 g/mol. The molecule has 2 heterocycles. The van der Waals surface area contributed by atoms with Crippen LogP contribution in [0.15, 0.2) is 54.6 Å². The Morgan fingerprint density at radius 2 is 1.61 bits per heavy atom. The predicted octanol–water partition coefficient (Wildman–Crippen LogP) is 1.21. The number of carbonyl (C=O) groups excluding carboxylic acids is 2. The molecule has 36 heavy (non-hydrogen) atoms. The lowest BCUT2D eigenvalue weighted by Crippen LogP contribution is -3.00. The molecule has 2 aliphatic rings. The molecule has 1 unspecified atom stereocenters. The Morgan fingerprint density at radius 3 is 2.25 bits per heavy atom. The Labute approximate surface area is 218 Å². The quantitative estimate of drug-likeness (QED) is 0.487. The summed E-state index contributed by atoms with van der Waals surface area (Å²) in [7, 11) is 0. The van der Waals surface area contributed by atoms with Gasteiger partial charge in [-0.05, 0) is 80.4 Å². The molecule has 2 aliphatic heterocycles. The van der Waals surface area contributed by atoms with E-state index < -0.39 is 6.10 Å². The van der Waals surface area contributed by atoms with Crippen molar-refractivity contribution >= 4 is 22.6 Å². The number of hydrogen-bond donors (Lipinski definition) is 1. The molecule has 3 aromatic rings. The Bertz CT molecular complexity index is 1220. The number of ether oxygens (including phenoxy) is 1. The maximum Gasteiger partial charge on any atom is 0.261 e. The van der Waals surface area contributed by atoms with Crippen molar-refractivity contribution in [1.82, 2.24) is 9.80 Å². The normalized spacial score (nSPS) is 17.2. The summed E-state index contributed by atoms with van der Waals surface area (Å²) in [5.74, 6) is 0.685. The number of benzene rings is 3. The number of piperidine rings is 1. The molecule has 1 atom stereocenters. The van der Waals surface area contributed by atoms with Crippen molar-refractivity contribution in [3.63, 3.8) is 0 Å². The minimum absolute atomic E-state index is 0. The highest BCUT2D eigenvalue weighted by atomic mass is 35.5. The van der Waals surface area contributed by atoms with Gasteiger partial charge in [-0.25, -0.2) is 0 Å². The van der Waals surface area contributed by atoms with Crippen LogP contribution in [-0.4, -0.2) is 65.6 Å². The molecule has 5 rings (SSSR count). The van der Waals surface area contributed by atoms with E-state index in [4.69, 9.17) is 4.74 Å². The lowest BCUT2D eigenvalue weighted by atomic mass is 9.91. The van der Waals surface area contributed by atoms with Crippen molar-refractivity contribution in [2.75, 3.05) is 32.8 Å². The van der Waals surface area contributed by atoms with Gasteiger partial charge in [-0.1, -0.05) is 36.4 Å². The molecule has 190 valence electrons. The third-order valence-corrected chi connectivity index (χ3v) is 7.25. The van der Waals surface area contributed by atoms with E-state index in [0.717, 1.165) is 53.6 Å². The number of aryl methyl sites for hydroxylation is 2. The molecule has 2 amide bonds. The maximum atomic E-state index is 13.2. The van der Waals surface area contributed by atoms with Crippen LogP contribution in [0, 0.1) is 19.8 Å². The summed E-state index contributed by atoms with van der Waals surface area (Å²) in [6, 6.07) is 17.3. The Morgan fingerprint density at radius 1 is 0.972 bits per heavy atom. The van der Waals surface area contributed by atoms with Gasteiger partial charge in [0.25, 0.3) is 11.8 Å². The molecule has 1 fully saturated rings. The van der Waals surface area contributed by atoms with Crippen LogP contribution in [0.25, 0.3) is 10.8 Å². The van der Waals surface area contributed by atoms with Crippen LogP contribution in [-0.2, 0) is 0 Å². The molecule has 6 nitrogen and oxygen atoms in total. The number of likely N-dealkylation sites (tertiary alicyclic amines) is 1. The van der Waals surface area contributed by atoms with Crippen LogP contribution < -0.4 is 17.1 Å². The third kappa shape index (κ3) is 5.26. The molecular weight excluding hydrogens is 476 g/mol. The van der Waals surface area contributed by atoms with Gasteiger partial charge in [-0.2, -0.15) is 0 Å². The second-order valence-electron chi connectivity index (χ2n) is 9.91. The van der Waals surface area contributed by atoms with Crippen LogP contribution >= 0.6 is 0 Å². The zero-order valence-corrected chi connectivity index (χ0v) is 21.5.